The van der Waals surface area contributed by atoms with Crippen molar-refractivity contribution in [1.29, 1.82) is 0 Å². The summed E-state index contributed by atoms with van der Waals surface area (Å²) in [4.78, 5) is 13.9. The summed E-state index contributed by atoms with van der Waals surface area (Å²) in [6.07, 6.45) is 1.10. The molecule has 0 aliphatic carbocycles. The summed E-state index contributed by atoms with van der Waals surface area (Å²) < 4.78 is 26.3. The molecule has 1 amide bonds. The molecule has 2 saturated heterocycles. The first-order chi connectivity index (χ1) is 9.13. The van der Waals surface area contributed by atoms with Crippen LogP contribution in [0.25, 0.3) is 0 Å². The molecule has 0 saturated carbocycles. The first-order valence-corrected chi connectivity index (χ1v) is 6.58. The topological polar surface area (TPSA) is 32.3 Å². The molecular formula is C14H16F2N2O. The minimum atomic E-state index is -0.647. The van der Waals surface area contributed by atoms with Gasteiger partial charge in [0.2, 0.25) is 5.91 Å². The van der Waals surface area contributed by atoms with Crippen LogP contribution in [0, 0.1) is 17.6 Å². The van der Waals surface area contributed by atoms with E-state index in [0.717, 1.165) is 25.6 Å². The van der Waals surface area contributed by atoms with Crippen LogP contribution < -0.4 is 5.32 Å². The Morgan fingerprint density at radius 1 is 1.37 bits per heavy atom. The number of hydrogen-bond donors (Lipinski definition) is 1. The molecule has 1 N–H and O–H groups in total. The maximum Gasteiger partial charge on any atom is 0.227 e. The molecule has 3 rings (SSSR count). The van der Waals surface area contributed by atoms with Crippen LogP contribution in [0.4, 0.5) is 8.78 Å². The quantitative estimate of drug-likeness (QED) is 0.876. The van der Waals surface area contributed by atoms with E-state index in [1.54, 1.807) is 4.90 Å². The molecule has 102 valence electrons. The van der Waals surface area contributed by atoms with Crippen molar-refractivity contribution in [2.24, 2.45) is 5.92 Å². The molecule has 19 heavy (non-hydrogen) atoms. The number of benzene rings is 1. The normalized spacial score (nSPS) is 25.7. The molecule has 2 fully saturated rings. The van der Waals surface area contributed by atoms with Crippen molar-refractivity contribution in [1.82, 2.24) is 10.2 Å². The van der Waals surface area contributed by atoms with Crippen LogP contribution in [-0.2, 0) is 11.2 Å². The fourth-order valence-corrected chi connectivity index (χ4v) is 2.99. The summed E-state index contributed by atoms with van der Waals surface area (Å²) in [5, 5.41) is 3.37. The summed E-state index contributed by atoms with van der Waals surface area (Å²) in [7, 11) is 0. The average molecular weight is 266 g/mol. The number of fused-ring (bicyclic) bond motifs is 1. The second-order valence-electron chi connectivity index (χ2n) is 5.32. The van der Waals surface area contributed by atoms with Gasteiger partial charge in [0.1, 0.15) is 11.6 Å². The molecule has 5 heteroatoms. The van der Waals surface area contributed by atoms with Gasteiger partial charge in [-0.1, -0.05) is 6.07 Å². The molecule has 0 spiro atoms. The predicted molar refractivity (Wildman–Crippen MR) is 66.5 cm³/mol. The van der Waals surface area contributed by atoms with E-state index in [-0.39, 0.29) is 17.9 Å². The zero-order chi connectivity index (χ0) is 13.4. The van der Waals surface area contributed by atoms with Gasteiger partial charge in [0, 0.05) is 25.2 Å². The Balaban J connectivity index is 1.65. The Morgan fingerprint density at radius 3 is 2.95 bits per heavy atom. The van der Waals surface area contributed by atoms with Crippen LogP contribution in [0.2, 0.25) is 0 Å². The van der Waals surface area contributed by atoms with E-state index >= 15 is 0 Å². The summed E-state index contributed by atoms with van der Waals surface area (Å²) in [6, 6.07) is 3.74. The Kier molecular flexibility index (Phi) is 3.22. The monoisotopic (exact) mass is 266 g/mol. The van der Waals surface area contributed by atoms with Gasteiger partial charge >= 0.3 is 0 Å². The van der Waals surface area contributed by atoms with Gasteiger partial charge in [0.25, 0.3) is 0 Å². The van der Waals surface area contributed by atoms with E-state index in [2.05, 4.69) is 5.32 Å². The zero-order valence-electron chi connectivity index (χ0n) is 10.5. The lowest BCUT2D eigenvalue weighted by Gasteiger charge is -2.17. The van der Waals surface area contributed by atoms with E-state index in [9.17, 15) is 13.6 Å². The summed E-state index contributed by atoms with van der Waals surface area (Å²) in [5.74, 6) is -0.816. The molecule has 2 atom stereocenters. The highest BCUT2D eigenvalue weighted by Gasteiger charge is 2.37. The van der Waals surface area contributed by atoms with Crippen LogP contribution in [0.3, 0.4) is 0 Å². The predicted octanol–water partition coefficient (Wildman–Crippen LogP) is 1.33. The fourth-order valence-electron chi connectivity index (χ4n) is 2.99. The molecular weight excluding hydrogens is 250 g/mol. The van der Waals surface area contributed by atoms with E-state index in [1.807, 2.05) is 0 Å². The molecule has 0 aromatic heterocycles. The van der Waals surface area contributed by atoms with E-state index in [4.69, 9.17) is 0 Å². The molecule has 1 aromatic rings. The van der Waals surface area contributed by atoms with E-state index in [0.29, 0.717) is 18.5 Å². The number of nitrogens with zero attached hydrogens (tertiary/aromatic N) is 1. The maximum absolute atomic E-state index is 13.5. The highest BCUT2D eigenvalue weighted by molar-refractivity contribution is 5.79. The van der Waals surface area contributed by atoms with Crippen molar-refractivity contribution in [3.63, 3.8) is 0 Å². The largest absolute Gasteiger partial charge is 0.340 e. The third kappa shape index (κ3) is 2.47. The van der Waals surface area contributed by atoms with Gasteiger partial charge in [-0.3, -0.25) is 4.79 Å². The number of hydrogen-bond acceptors (Lipinski definition) is 2. The van der Waals surface area contributed by atoms with E-state index in [1.165, 1.54) is 12.1 Å². The molecule has 0 radical (unpaired) electrons. The average Bonchev–Trinajstić information content (AvgIpc) is 2.93. The van der Waals surface area contributed by atoms with Gasteiger partial charge in [0.15, 0.2) is 0 Å². The van der Waals surface area contributed by atoms with Crippen LogP contribution in [0.15, 0.2) is 18.2 Å². The Morgan fingerprint density at radius 2 is 2.21 bits per heavy atom. The van der Waals surface area contributed by atoms with Gasteiger partial charge in [-0.2, -0.15) is 0 Å². The third-order valence-corrected chi connectivity index (χ3v) is 4.07. The van der Waals surface area contributed by atoms with Gasteiger partial charge in [-0.25, -0.2) is 8.78 Å². The Bertz CT molecular complexity index is 494. The van der Waals surface area contributed by atoms with Crippen LogP contribution >= 0.6 is 0 Å². The fraction of sp³-hybridized carbons (Fsp3) is 0.500. The molecule has 2 aliphatic heterocycles. The maximum atomic E-state index is 13.5. The minimum Gasteiger partial charge on any atom is -0.340 e. The molecule has 0 bridgehead atoms. The lowest BCUT2D eigenvalue weighted by atomic mass is 10.1. The second kappa shape index (κ2) is 4.89. The number of nitrogens with one attached hydrogen (secondary N) is 1. The van der Waals surface area contributed by atoms with Gasteiger partial charge in [-0.05, 0) is 30.5 Å². The highest BCUT2D eigenvalue weighted by atomic mass is 19.1. The molecule has 3 nitrogen and oxygen atoms in total. The lowest BCUT2D eigenvalue weighted by molar-refractivity contribution is -0.129. The van der Waals surface area contributed by atoms with Crippen molar-refractivity contribution in [2.45, 2.75) is 18.9 Å². The zero-order valence-corrected chi connectivity index (χ0v) is 10.5. The van der Waals surface area contributed by atoms with Crippen molar-refractivity contribution >= 4 is 5.91 Å². The first-order valence-electron chi connectivity index (χ1n) is 6.58. The number of rotatable bonds is 2. The highest BCUT2D eigenvalue weighted by Crippen LogP contribution is 2.25. The SMILES string of the molecule is O=C(Cc1ccc(F)cc1F)N1C[C@@H]2CCN[C@@H]2C1. The summed E-state index contributed by atoms with van der Waals surface area (Å²) >= 11 is 0. The van der Waals surface area contributed by atoms with Gasteiger partial charge in [-0.15, -0.1) is 0 Å². The van der Waals surface area contributed by atoms with E-state index < -0.39 is 11.6 Å². The third-order valence-electron chi connectivity index (χ3n) is 4.07. The van der Waals surface area contributed by atoms with Crippen LogP contribution in [0.5, 0.6) is 0 Å². The summed E-state index contributed by atoms with van der Waals surface area (Å²) in [5.41, 5.74) is 0.261. The van der Waals surface area contributed by atoms with Crippen LogP contribution in [0.1, 0.15) is 12.0 Å². The molecule has 2 heterocycles. The minimum absolute atomic E-state index is 0.00551. The van der Waals surface area contributed by atoms with Gasteiger partial charge in [0.05, 0.1) is 6.42 Å². The van der Waals surface area contributed by atoms with Crippen molar-refractivity contribution in [3.05, 3.63) is 35.4 Å². The van der Waals surface area contributed by atoms with Gasteiger partial charge < -0.3 is 10.2 Å². The number of carbonyl (C=O) groups excluding carboxylic acids is 1. The van der Waals surface area contributed by atoms with Crippen molar-refractivity contribution in [2.75, 3.05) is 19.6 Å². The number of amides is 1. The number of halogens is 2. The van der Waals surface area contributed by atoms with Crippen molar-refractivity contribution in [3.8, 4) is 0 Å². The number of likely N-dealkylation sites (tertiary alicyclic amines) is 1. The number of carbonyl (C=O) groups is 1. The smallest absolute Gasteiger partial charge is 0.227 e. The standard InChI is InChI=1S/C14H16F2N2O/c15-11-2-1-9(12(16)6-11)5-14(19)18-7-10-3-4-17-13(10)8-18/h1-2,6,10,13,17H,3-5,7-8H2/t10-,13+/m0/s1. The molecule has 2 aliphatic rings. The van der Waals surface area contributed by atoms with Crippen LogP contribution in [-0.4, -0.2) is 36.5 Å². The Hall–Kier alpha value is -1.49. The lowest BCUT2D eigenvalue weighted by Crippen LogP contribution is -2.34. The second-order valence-corrected chi connectivity index (χ2v) is 5.32. The molecule has 0 unspecified atom stereocenters. The van der Waals surface area contributed by atoms with Crippen molar-refractivity contribution < 1.29 is 13.6 Å². The molecule has 1 aromatic carbocycles. The Labute approximate surface area is 110 Å². The first kappa shape index (κ1) is 12.5. The summed E-state index contributed by atoms with van der Waals surface area (Å²) in [6.45, 7) is 2.47.